The number of hydrogen-bond acceptors (Lipinski definition) is 3. The van der Waals surface area contributed by atoms with Gasteiger partial charge < -0.3 is 21.4 Å². The quantitative estimate of drug-likeness (QED) is 0.492. The van der Waals surface area contributed by atoms with Crippen molar-refractivity contribution in [3.63, 3.8) is 0 Å². The average molecular weight is 361 g/mol. The molecule has 0 bridgehead atoms. The minimum Gasteiger partial charge on any atom is -0.361 e. The van der Waals surface area contributed by atoms with Gasteiger partial charge in [0, 0.05) is 34.9 Å². The fraction of sp³-hybridized carbons (Fsp3) is 0.300. The van der Waals surface area contributed by atoms with E-state index in [1.54, 1.807) is 0 Å². The van der Waals surface area contributed by atoms with Gasteiger partial charge in [0.25, 0.3) is 0 Å². The highest BCUT2D eigenvalue weighted by atomic mass is 15.3. The van der Waals surface area contributed by atoms with Crippen LogP contribution >= 0.6 is 0 Å². The van der Waals surface area contributed by atoms with Crippen molar-refractivity contribution in [3.8, 4) is 0 Å². The maximum Gasteiger partial charge on any atom is 0.197 e. The van der Waals surface area contributed by atoms with Gasteiger partial charge in [-0.1, -0.05) is 12.1 Å². The first-order valence-electron chi connectivity index (χ1n) is 9.29. The van der Waals surface area contributed by atoms with Gasteiger partial charge in [-0.05, 0) is 49.1 Å². The van der Waals surface area contributed by atoms with Crippen LogP contribution in [0.2, 0.25) is 0 Å². The molecule has 0 amide bonds. The fourth-order valence-electron chi connectivity index (χ4n) is 3.58. The highest BCUT2D eigenvalue weighted by Gasteiger charge is 2.33. The van der Waals surface area contributed by atoms with E-state index >= 15 is 0 Å². The van der Waals surface area contributed by atoms with E-state index in [2.05, 4.69) is 57.0 Å². The van der Waals surface area contributed by atoms with Crippen molar-refractivity contribution in [2.75, 3.05) is 0 Å². The number of nitrogens with zero attached hydrogens (tertiary/aromatic N) is 2. The third kappa shape index (κ3) is 2.90. The maximum absolute atomic E-state index is 6.56. The summed E-state index contributed by atoms with van der Waals surface area (Å²) in [5.74, 6) is 1.25. The zero-order valence-corrected chi connectivity index (χ0v) is 15.2. The molecule has 1 atom stereocenters. The summed E-state index contributed by atoms with van der Waals surface area (Å²) < 4.78 is 0. The zero-order chi connectivity index (χ0) is 18.4. The number of rotatable bonds is 4. The maximum atomic E-state index is 6.56. The summed E-state index contributed by atoms with van der Waals surface area (Å²) in [6.07, 6.45) is 8.10. The zero-order valence-electron chi connectivity index (χ0n) is 15.2. The molecule has 5 rings (SSSR count). The van der Waals surface area contributed by atoms with Gasteiger partial charge in [-0.15, -0.1) is 0 Å². The summed E-state index contributed by atoms with van der Waals surface area (Å²) in [6.45, 7) is 2.66. The molecule has 6 N–H and O–H groups in total. The molecule has 0 spiro atoms. The normalized spacial score (nSPS) is 23.6. The van der Waals surface area contributed by atoms with Crippen LogP contribution in [0.5, 0.6) is 0 Å². The Morgan fingerprint density at radius 3 is 3.04 bits per heavy atom. The van der Waals surface area contributed by atoms with Gasteiger partial charge in [0.1, 0.15) is 5.69 Å². The number of benzene rings is 1. The van der Waals surface area contributed by atoms with E-state index in [0.29, 0.717) is 18.4 Å². The highest BCUT2D eigenvalue weighted by Crippen LogP contribution is 2.39. The number of hydrogen-bond donors (Lipinski definition) is 5. The number of aromatic amines is 2. The fourth-order valence-corrected chi connectivity index (χ4v) is 3.58. The number of H-pyrrole nitrogens is 2. The Bertz CT molecular complexity index is 1050. The van der Waals surface area contributed by atoms with Crippen LogP contribution in [0.4, 0.5) is 0 Å². The first-order valence-corrected chi connectivity index (χ1v) is 9.29. The molecule has 3 heterocycles. The lowest BCUT2D eigenvalue weighted by molar-refractivity contribution is 0.483. The Morgan fingerprint density at radius 1 is 1.30 bits per heavy atom. The number of nitrogens with two attached hydrogens (primary N) is 1. The van der Waals surface area contributed by atoms with Gasteiger partial charge in [-0.3, -0.25) is 5.10 Å². The molecule has 7 nitrogen and oxygen atoms in total. The van der Waals surface area contributed by atoms with E-state index in [4.69, 9.17) is 10.7 Å². The predicted octanol–water partition coefficient (Wildman–Crippen LogP) is 2.45. The molecule has 7 heteroatoms. The van der Waals surface area contributed by atoms with Crippen molar-refractivity contribution in [1.29, 1.82) is 0 Å². The predicted molar refractivity (Wildman–Crippen MR) is 106 cm³/mol. The molecule has 3 aromatic rings. The van der Waals surface area contributed by atoms with Crippen LogP contribution in [0.3, 0.4) is 0 Å². The SMILES string of the molecule is Cc1ccc(CN=C2NC=CC(N)(c3cc(C4CC4)[nH]n3)N2)c2cc[nH]c12. The lowest BCUT2D eigenvalue weighted by Crippen LogP contribution is -2.57. The summed E-state index contributed by atoms with van der Waals surface area (Å²) in [6, 6.07) is 8.39. The van der Waals surface area contributed by atoms with Crippen LogP contribution in [0.15, 0.2) is 47.7 Å². The van der Waals surface area contributed by atoms with Crippen molar-refractivity contribution in [3.05, 3.63) is 65.3 Å². The first kappa shape index (κ1) is 16.1. The molecule has 1 saturated carbocycles. The van der Waals surface area contributed by atoms with Crippen molar-refractivity contribution in [2.45, 2.75) is 37.9 Å². The molecule has 1 aromatic carbocycles. The van der Waals surface area contributed by atoms with Crippen molar-refractivity contribution >= 4 is 16.9 Å². The van der Waals surface area contributed by atoms with E-state index in [1.165, 1.54) is 29.4 Å². The largest absolute Gasteiger partial charge is 0.361 e. The van der Waals surface area contributed by atoms with Crippen LogP contribution in [-0.2, 0) is 12.2 Å². The number of fused-ring (bicyclic) bond motifs is 1. The first-order chi connectivity index (χ1) is 13.1. The number of aliphatic imine (C=N–C) groups is 1. The number of aryl methyl sites for hydroxylation is 1. The molecular formula is C20H23N7. The Kier molecular flexibility index (Phi) is 3.58. The Hall–Kier alpha value is -3.06. The van der Waals surface area contributed by atoms with Gasteiger partial charge in [-0.25, -0.2) is 4.99 Å². The second-order valence-electron chi connectivity index (χ2n) is 7.43. The van der Waals surface area contributed by atoms with E-state index in [9.17, 15) is 0 Å². The van der Waals surface area contributed by atoms with Crippen molar-refractivity contribution in [2.24, 2.45) is 10.7 Å². The second-order valence-corrected chi connectivity index (χ2v) is 7.43. The topological polar surface area (TPSA) is 107 Å². The molecule has 1 aliphatic heterocycles. The molecule has 0 saturated heterocycles. The minimum absolute atomic E-state index is 0.557. The summed E-state index contributed by atoms with van der Waals surface area (Å²) in [5, 5.41) is 15.2. The molecule has 0 radical (unpaired) electrons. The molecule has 1 fully saturated rings. The van der Waals surface area contributed by atoms with Crippen molar-refractivity contribution < 1.29 is 0 Å². The Balaban J connectivity index is 1.38. The Morgan fingerprint density at radius 2 is 2.19 bits per heavy atom. The third-order valence-electron chi connectivity index (χ3n) is 5.36. The lowest BCUT2D eigenvalue weighted by atomic mass is 10.1. The number of guanidine groups is 1. The van der Waals surface area contributed by atoms with Gasteiger partial charge in [-0.2, -0.15) is 5.10 Å². The number of aromatic nitrogens is 3. The second kappa shape index (κ2) is 5.99. The molecule has 1 aliphatic carbocycles. The van der Waals surface area contributed by atoms with Crippen molar-refractivity contribution in [1.82, 2.24) is 25.8 Å². The highest BCUT2D eigenvalue weighted by molar-refractivity contribution is 5.87. The standard InChI is InChI=1S/C20H23N7/c1-12-2-3-14(15-6-8-22-18(12)15)11-24-19-23-9-7-20(21,25-19)17-10-16(26-27-17)13-4-5-13/h2-3,6-10,13,22H,4-5,11,21H2,1H3,(H,26,27)(H2,23,24,25). The smallest absolute Gasteiger partial charge is 0.197 e. The van der Waals surface area contributed by atoms with Crippen LogP contribution in [0.1, 0.15) is 41.3 Å². The van der Waals surface area contributed by atoms with Gasteiger partial charge in [0.15, 0.2) is 11.6 Å². The van der Waals surface area contributed by atoms with E-state index in [1.807, 2.05) is 18.5 Å². The van der Waals surface area contributed by atoms with Gasteiger partial charge >= 0.3 is 0 Å². The van der Waals surface area contributed by atoms with Crippen LogP contribution < -0.4 is 16.4 Å². The Labute approximate surface area is 157 Å². The minimum atomic E-state index is -0.871. The molecule has 27 heavy (non-hydrogen) atoms. The van der Waals surface area contributed by atoms with Gasteiger partial charge in [0.05, 0.1) is 6.54 Å². The van der Waals surface area contributed by atoms with E-state index in [-0.39, 0.29) is 0 Å². The van der Waals surface area contributed by atoms with E-state index < -0.39 is 5.66 Å². The lowest BCUT2D eigenvalue weighted by Gasteiger charge is -2.30. The molecule has 2 aromatic heterocycles. The molecular weight excluding hydrogens is 338 g/mol. The summed E-state index contributed by atoms with van der Waals surface area (Å²) in [5.41, 5.74) is 11.2. The van der Waals surface area contributed by atoms with Crippen LogP contribution in [0.25, 0.3) is 10.9 Å². The summed E-state index contributed by atoms with van der Waals surface area (Å²) in [7, 11) is 0. The van der Waals surface area contributed by atoms with E-state index in [0.717, 1.165) is 16.9 Å². The molecule has 1 unspecified atom stereocenters. The van der Waals surface area contributed by atoms with Crippen LogP contribution in [0, 0.1) is 6.92 Å². The number of nitrogens with one attached hydrogen (secondary N) is 4. The average Bonchev–Trinajstić information content (AvgIpc) is 3.18. The monoisotopic (exact) mass is 361 g/mol. The summed E-state index contributed by atoms with van der Waals surface area (Å²) >= 11 is 0. The molecule has 2 aliphatic rings. The summed E-state index contributed by atoms with van der Waals surface area (Å²) in [4.78, 5) is 7.99. The molecule has 138 valence electrons. The van der Waals surface area contributed by atoms with Crippen LogP contribution in [-0.4, -0.2) is 21.1 Å². The van der Waals surface area contributed by atoms with Gasteiger partial charge in [0.2, 0.25) is 0 Å². The third-order valence-corrected chi connectivity index (χ3v) is 5.36.